The van der Waals surface area contributed by atoms with Gasteiger partial charge < -0.3 is 15.5 Å². The van der Waals surface area contributed by atoms with Crippen molar-refractivity contribution in [1.82, 2.24) is 15.5 Å². The van der Waals surface area contributed by atoms with Gasteiger partial charge in [0.2, 0.25) is 11.8 Å². The number of thioether (sulfide) groups is 1. The number of carbonyl (C=O) groups is 2. The van der Waals surface area contributed by atoms with E-state index in [1.54, 1.807) is 16.7 Å². The van der Waals surface area contributed by atoms with Crippen LogP contribution >= 0.6 is 11.8 Å². The van der Waals surface area contributed by atoms with E-state index in [-0.39, 0.29) is 29.3 Å². The molecule has 3 unspecified atom stereocenters. The predicted molar refractivity (Wildman–Crippen MR) is 90.7 cm³/mol. The summed E-state index contributed by atoms with van der Waals surface area (Å²) < 4.78 is 0. The molecule has 0 radical (unpaired) electrons. The minimum atomic E-state index is -0.311. The van der Waals surface area contributed by atoms with E-state index < -0.39 is 0 Å². The second kappa shape index (κ2) is 7.21. The van der Waals surface area contributed by atoms with Crippen molar-refractivity contribution in [2.75, 3.05) is 18.2 Å². The summed E-state index contributed by atoms with van der Waals surface area (Å²) in [4.78, 5) is 26.8. The van der Waals surface area contributed by atoms with Gasteiger partial charge in [-0.05, 0) is 31.7 Å². The van der Waals surface area contributed by atoms with Crippen molar-refractivity contribution in [1.29, 1.82) is 0 Å². The van der Waals surface area contributed by atoms with Crippen molar-refractivity contribution in [3.05, 3.63) is 0 Å². The second-order valence-corrected chi connectivity index (χ2v) is 8.62. The highest BCUT2D eigenvalue weighted by Crippen LogP contribution is 2.26. The van der Waals surface area contributed by atoms with Gasteiger partial charge in [0.25, 0.3) is 0 Å². The first-order valence-corrected chi connectivity index (χ1v) is 9.34. The van der Waals surface area contributed by atoms with E-state index >= 15 is 0 Å². The first kappa shape index (κ1) is 17.6. The Morgan fingerprint density at radius 2 is 2.09 bits per heavy atom. The topological polar surface area (TPSA) is 61.4 Å². The number of carbonyl (C=O) groups excluding carboxylic acids is 2. The molecule has 2 rings (SSSR count). The zero-order valence-electron chi connectivity index (χ0n) is 14.1. The van der Waals surface area contributed by atoms with Crippen molar-refractivity contribution >= 4 is 23.6 Å². The van der Waals surface area contributed by atoms with Crippen molar-refractivity contribution in [2.45, 2.75) is 65.1 Å². The smallest absolute Gasteiger partial charge is 0.243 e. The zero-order valence-corrected chi connectivity index (χ0v) is 15.0. The molecular weight excluding hydrogens is 298 g/mol. The number of nitrogens with zero attached hydrogens (tertiary/aromatic N) is 1. The molecule has 0 aromatic heterocycles. The van der Waals surface area contributed by atoms with E-state index in [2.05, 4.69) is 38.3 Å². The molecule has 2 amide bonds. The summed E-state index contributed by atoms with van der Waals surface area (Å²) >= 11 is 1.66. The maximum absolute atomic E-state index is 12.6. The third kappa shape index (κ3) is 4.62. The summed E-state index contributed by atoms with van der Waals surface area (Å²) in [5.41, 5.74) is -0.0484. The molecule has 0 aliphatic carbocycles. The van der Waals surface area contributed by atoms with Gasteiger partial charge in [-0.1, -0.05) is 20.8 Å². The number of hydrogen-bond acceptors (Lipinski definition) is 4. The van der Waals surface area contributed by atoms with Crippen LogP contribution in [0, 0.1) is 5.41 Å². The molecule has 2 aliphatic rings. The highest BCUT2D eigenvalue weighted by Gasteiger charge is 2.37. The van der Waals surface area contributed by atoms with Gasteiger partial charge in [-0.3, -0.25) is 9.59 Å². The normalized spacial score (nSPS) is 29.5. The Hall–Kier alpha value is -0.750. The van der Waals surface area contributed by atoms with Crippen LogP contribution in [-0.4, -0.2) is 53.0 Å². The Labute approximate surface area is 138 Å². The summed E-state index contributed by atoms with van der Waals surface area (Å²) in [6.45, 7) is 9.29. The molecule has 126 valence electrons. The van der Waals surface area contributed by atoms with E-state index in [4.69, 9.17) is 0 Å². The van der Waals surface area contributed by atoms with Crippen LogP contribution in [0.3, 0.4) is 0 Å². The number of hydrogen-bond donors (Lipinski definition) is 2. The van der Waals surface area contributed by atoms with Crippen LogP contribution in [0.25, 0.3) is 0 Å². The minimum Gasteiger partial charge on any atom is -0.350 e. The van der Waals surface area contributed by atoms with Gasteiger partial charge in [0.05, 0.1) is 5.88 Å². The maximum atomic E-state index is 12.6. The molecule has 0 aromatic carbocycles. The van der Waals surface area contributed by atoms with Crippen LogP contribution in [0.1, 0.15) is 47.0 Å². The lowest BCUT2D eigenvalue weighted by Crippen LogP contribution is -2.56. The summed E-state index contributed by atoms with van der Waals surface area (Å²) in [6, 6.07) is 0.158. The van der Waals surface area contributed by atoms with E-state index in [1.807, 2.05) is 0 Å². The monoisotopic (exact) mass is 327 g/mol. The molecule has 2 N–H and O–H groups in total. The SMILES string of the molecule is CC1NCCCC1NC(=O)C1CSCN1C(=O)CC(C)(C)C. The average Bonchev–Trinajstić information content (AvgIpc) is 2.89. The quantitative estimate of drug-likeness (QED) is 0.826. The molecule has 0 spiro atoms. The number of rotatable bonds is 3. The second-order valence-electron chi connectivity index (χ2n) is 7.62. The van der Waals surface area contributed by atoms with E-state index in [9.17, 15) is 9.59 Å². The minimum absolute atomic E-state index is 0.00723. The highest BCUT2D eigenvalue weighted by molar-refractivity contribution is 7.99. The molecule has 0 aromatic rings. The molecule has 0 saturated carbocycles. The molecular formula is C16H29N3O2S. The van der Waals surface area contributed by atoms with Crippen LogP contribution in [-0.2, 0) is 9.59 Å². The zero-order chi connectivity index (χ0) is 16.3. The fourth-order valence-corrected chi connectivity index (χ4v) is 4.16. The average molecular weight is 327 g/mol. The van der Waals surface area contributed by atoms with Crippen LogP contribution in [0.4, 0.5) is 0 Å². The van der Waals surface area contributed by atoms with E-state index in [1.165, 1.54) is 0 Å². The lowest BCUT2D eigenvalue weighted by molar-refractivity contribution is -0.139. The first-order chi connectivity index (χ1) is 10.3. The van der Waals surface area contributed by atoms with Crippen molar-refractivity contribution in [3.63, 3.8) is 0 Å². The van der Waals surface area contributed by atoms with Gasteiger partial charge in [-0.15, -0.1) is 11.8 Å². The predicted octanol–water partition coefficient (Wildman–Crippen LogP) is 1.58. The molecule has 2 heterocycles. The molecule has 6 heteroatoms. The lowest BCUT2D eigenvalue weighted by atomic mass is 9.91. The Bertz CT molecular complexity index is 422. The standard InChI is InChI=1S/C16H29N3O2S/c1-11-12(6-5-7-17-11)18-15(21)13-9-22-10-19(13)14(20)8-16(2,3)4/h11-13,17H,5-10H2,1-4H3,(H,18,21). The Balaban J connectivity index is 1.94. The number of amides is 2. The van der Waals surface area contributed by atoms with Gasteiger partial charge in [-0.2, -0.15) is 0 Å². The molecule has 0 bridgehead atoms. The summed E-state index contributed by atoms with van der Waals surface area (Å²) in [6.07, 6.45) is 2.58. The van der Waals surface area contributed by atoms with Crippen molar-refractivity contribution in [3.8, 4) is 0 Å². The Morgan fingerprint density at radius 1 is 1.36 bits per heavy atom. The third-order valence-electron chi connectivity index (χ3n) is 4.28. The lowest BCUT2D eigenvalue weighted by Gasteiger charge is -2.33. The number of nitrogens with one attached hydrogen (secondary N) is 2. The molecule has 2 saturated heterocycles. The molecule has 2 fully saturated rings. The molecule has 22 heavy (non-hydrogen) atoms. The molecule has 2 aliphatic heterocycles. The fraction of sp³-hybridized carbons (Fsp3) is 0.875. The van der Waals surface area contributed by atoms with Crippen LogP contribution in [0.15, 0.2) is 0 Å². The van der Waals surface area contributed by atoms with E-state index in [0.717, 1.165) is 19.4 Å². The molecule has 3 atom stereocenters. The van der Waals surface area contributed by atoms with Gasteiger partial charge >= 0.3 is 0 Å². The largest absolute Gasteiger partial charge is 0.350 e. The highest BCUT2D eigenvalue weighted by atomic mass is 32.2. The van der Waals surface area contributed by atoms with Crippen molar-refractivity contribution < 1.29 is 9.59 Å². The first-order valence-electron chi connectivity index (χ1n) is 8.19. The van der Waals surface area contributed by atoms with Crippen LogP contribution in [0.5, 0.6) is 0 Å². The van der Waals surface area contributed by atoms with Gasteiger partial charge in [-0.25, -0.2) is 0 Å². The summed E-state index contributed by atoms with van der Waals surface area (Å²) in [5.74, 6) is 1.43. The van der Waals surface area contributed by atoms with Crippen LogP contribution in [0.2, 0.25) is 0 Å². The van der Waals surface area contributed by atoms with Crippen molar-refractivity contribution in [2.24, 2.45) is 5.41 Å². The summed E-state index contributed by atoms with van der Waals surface area (Å²) in [5, 5.41) is 6.54. The Morgan fingerprint density at radius 3 is 2.73 bits per heavy atom. The maximum Gasteiger partial charge on any atom is 0.243 e. The molecule has 5 nitrogen and oxygen atoms in total. The third-order valence-corrected chi connectivity index (χ3v) is 5.29. The van der Waals surface area contributed by atoms with Gasteiger partial charge in [0, 0.05) is 24.3 Å². The Kier molecular flexibility index (Phi) is 5.77. The number of piperidine rings is 1. The van der Waals surface area contributed by atoms with Gasteiger partial charge in [0.15, 0.2) is 0 Å². The van der Waals surface area contributed by atoms with E-state index in [0.29, 0.717) is 24.1 Å². The fourth-order valence-electron chi connectivity index (χ4n) is 2.98. The van der Waals surface area contributed by atoms with Gasteiger partial charge in [0.1, 0.15) is 6.04 Å². The summed E-state index contributed by atoms with van der Waals surface area (Å²) in [7, 11) is 0. The van der Waals surface area contributed by atoms with Crippen LogP contribution < -0.4 is 10.6 Å².